The van der Waals surface area contributed by atoms with Gasteiger partial charge in [-0.3, -0.25) is 5.43 Å². The van der Waals surface area contributed by atoms with Gasteiger partial charge in [0, 0.05) is 16.5 Å². The molecule has 20 heavy (non-hydrogen) atoms. The van der Waals surface area contributed by atoms with Crippen LogP contribution in [-0.2, 0) is 0 Å². The molecule has 110 valence electrons. The van der Waals surface area contributed by atoms with Crippen molar-refractivity contribution in [2.45, 2.75) is 17.9 Å². The zero-order valence-electron chi connectivity index (χ0n) is 10.8. The molecule has 0 aromatic heterocycles. The lowest BCUT2D eigenvalue weighted by Gasteiger charge is -2.19. The van der Waals surface area contributed by atoms with E-state index in [1.165, 1.54) is 0 Å². The van der Waals surface area contributed by atoms with Crippen LogP contribution >= 0.6 is 69.9 Å². The van der Waals surface area contributed by atoms with E-state index in [0.717, 1.165) is 17.1 Å². The average molecular weight is 390 g/mol. The van der Waals surface area contributed by atoms with Crippen molar-refractivity contribution >= 4 is 80.8 Å². The molecule has 8 heteroatoms. The lowest BCUT2D eigenvalue weighted by Crippen LogP contribution is -2.21. The Kier molecular flexibility index (Phi) is 5.72. The highest BCUT2D eigenvalue weighted by atomic mass is 35.5. The number of nitrogens with one attached hydrogen (secondary N) is 1. The molecule has 2 nitrogen and oxygen atoms in total. The van der Waals surface area contributed by atoms with Crippen LogP contribution in [0.2, 0.25) is 15.1 Å². The molecule has 1 aromatic carbocycles. The minimum atomic E-state index is -0.213. The summed E-state index contributed by atoms with van der Waals surface area (Å²) in [5.74, 6) is 2.13. The summed E-state index contributed by atoms with van der Waals surface area (Å²) in [5.41, 5.74) is 4.13. The molecule has 1 aliphatic heterocycles. The number of thioether (sulfide) groups is 2. The maximum Gasteiger partial charge on any atom is 0.152 e. The summed E-state index contributed by atoms with van der Waals surface area (Å²) in [6, 6.07) is 1.64. The van der Waals surface area contributed by atoms with Crippen molar-refractivity contribution in [2.24, 2.45) is 5.10 Å². The third kappa shape index (κ3) is 3.47. The lowest BCUT2D eigenvalue weighted by molar-refractivity contribution is 1.21. The molecule has 0 atom stereocenters. The van der Waals surface area contributed by atoms with Gasteiger partial charge in [0.15, 0.2) is 5.17 Å². The van der Waals surface area contributed by atoms with E-state index >= 15 is 0 Å². The molecule has 1 fully saturated rings. The highest BCUT2D eigenvalue weighted by molar-refractivity contribution is 8.22. The Balaban J connectivity index is 2.25. The topological polar surface area (TPSA) is 24.4 Å². The van der Waals surface area contributed by atoms with Crippen LogP contribution in [0.5, 0.6) is 0 Å². The van der Waals surface area contributed by atoms with Crippen molar-refractivity contribution in [1.29, 1.82) is 0 Å². The SMILES string of the molecule is Cc1c(Cl)cc(Cl)c(NN=C(Cl)C2(C)SCCS2)c1Cl. The van der Waals surface area contributed by atoms with E-state index in [0.29, 0.717) is 25.9 Å². The minimum absolute atomic E-state index is 0.213. The van der Waals surface area contributed by atoms with Crippen LogP contribution in [0, 0.1) is 6.92 Å². The fourth-order valence-electron chi connectivity index (χ4n) is 1.63. The molecule has 0 aliphatic carbocycles. The van der Waals surface area contributed by atoms with Gasteiger partial charge in [-0.1, -0.05) is 46.4 Å². The molecule has 0 bridgehead atoms. The molecule has 0 radical (unpaired) electrons. The summed E-state index contributed by atoms with van der Waals surface area (Å²) in [6.07, 6.45) is 0. The molecule has 0 saturated carbocycles. The summed E-state index contributed by atoms with van der Waals surface area (Å²) >= 11 is 28.2. The van der Waals surface area contributed by atoms with Gasteiger partial charge < -0.3 is 0 Å². The van der Waals surface area contributed by atoms with Crippen molar-refractivity contribution in [2.75, 3.05) is 16.9 Å². The number of nitrogens with zero attached hydrogens (tertiary/aromatic N) is 1. The predicted molar refractivity (Wildman–Crippen MR) is 96.4 cm³/mol. The number of hydrogen-bond donors (Lipinski definition) is 1. The lowest BCUT2D eigenvalue weighted by atomic mass is 10.2. The molecule has 1 aromatic rings. The van der Waals surface area contributed by atoms with Crippen molar-refractivity contribution in [3.8, 4) is 0 Å². The predicted octanol–water partition coefficient (Wildman–Crippen LogP) is 6.12. The molecule has 2 rings (SSSR count). The van der Waals surface area contributed by atoms with E-state index in [9.17, 15) is 0 Å². The smallest absolute Gasteiger partial charge is 0.152 e. The zero-order valence-corrected chi connectivity index (χ0v) is 15.4. The molecule has 1 saturated heterocycles. The van der Waals surface area contributed by atoms with Crippen LogP contribution in [-0.4, -0.2) is 20.8 Å². The molecule has 1 heterocycles. The van der Waals surface area contributed by atoms with Crippen molar-refractivity contribution in [3.63, 3.8) is 0 Å². The van der Waals surface area contributed by atoms with Gasteiger partial charge in [-0.2, -0.15) is 5.10 Å². The van der Waals surface area contributed by atoms with Crippen LogP contribution in [0.15, 0.2) is 11.2 Å². The van der Waals surface area contributed by atoms with Gasteiger partial charge in [0.2, 0.25) is 0 Å². The number of hydrazone groups is 1. The van der Waals surface area contributed by atoms with Crippen LogP contribution in [0.3, 0.4) is 0 Å². The Morgan fingerprint density at radius 2 is 1.85 bits per heavy atom. The Morgan fingerprint density at radius 3 is 2.45 bits per heavy atom. The van der Waals surface area contributed by atoms with Gasteiger partial charge >= 0.3 is 0 Å². The first kappa shape index (κ1) is 16.9. The molecule has 0 unspecified atom stereocenters. The Hall–Kier alpha value is 0.550. The highest BCUT2D eigenvalue weighted by Crippen LogP contribution is 2.45. The van der Waals surface area contributed by atoms with E-state index in [1.54, 1.807) is 29.6 Å². The molecule has 1 aliphatic rings. The van der Waals surface area contributed by atoms with Crippen molar-refractivity contribution in [1.82, 2.24) is 0 Å². The third-order valence-corrected chi connectivity index (χ3v) is 8.00. The summed E-state index contributed by atoms with van der Waals surface area (Å²) in [6.45, 7) is 3.88. The summed E-state index contributed by atoms with van der Waals surface area (Å²) in [7, 11) is 0. The van der Waals surface area contributed by atoms with Gasteiger partial charge in [-0.25, -0.2) is 0 Å². The Bertz CT molecular complexity index is 557. The number of benzene rings is 1. The van der Waals surface area contributed by atoms with E-state index in [4.69, 9.17) is 46.4 Å². The van der Waals surface area contributed by atoms with Gasteiger partial charge in [0.05, 0.1) is 15.7 Å². The zero-order chi connectivity index (χ0) is 14.9. The van der Waals surface area contributed by atoms with Gasteiger partial charge in [-0.05, 0) is 25.5 Å². The van der Waals surface area contributed by atoms with E-state index < -0.39 is 0 Å². The first-order chi connectivity index (χ1) is 9.35. The molecular weight excluding hydrogens is 378 g/mol. The standard InChI is InChI=1S/C12H12Cl4N2S2/c1-6-7(13)5-8(14)10(9(6)15)17-18-11(16)12(2)19-3-4-20-12/h5,17H,3-4H2,1-2H3. The number of hydrogen-bond acceptors (Lipinski definition) is 4. The van der Waals surface area contributed by atoms with Crippen LogP contribution in [0.25, 0.3) is 0 Å². The maximum absolute atomic E-state index is 6.29. The van der Waals surface area contributed by atoms with E-state index in [-0.39, 0.29) is 4.08 Å². The van der Waals surface area contributed by atoms with Gasteiger partial charge in [0.25, 0.3) is 0 Å². The van der Waals surface area contributed by atoms with E-state index in [1.807, 2.05) is 6.92 Å². The fourth-order valence-corrected chi connectivity index (χ4v) is 5.46. The summed E-state index contributed by atoms with van der Waals surface area (Å²) in [4.78, 5) is 0. The average Bonchev–Trinajstić information content (AvgIpc) is 2.84. The van der Waals surface area contributed by atoms with Crippen LogP contribution in [0.1, 0.15) is 12.5 Å². The highest BCUT2D eigenvalue weighted by Gasteiger charge is 2.35. The molecule has 0 spiro atoms. The number of rotatable bonds is 3. The molecular formula is C12H12Cl4N2S2. The van der Waals surface area contributed by atoms with Crippen LogP contribution in [0.4, 0.5) is 5.69 Å². The number of halogens is 4. The second-order valence-corrected chi connectivity index (χ2v) is 9.15. The van der Waals surface area contributed by atoms with E-state index in [2.05, 4.69) is 17.5 Å². The minimum Gasteiger partial charge on any atom is -0.274 e. The van der Waals surface area contributed by atoms with Gasteiger partial charge in [-0.15, -0.1) is 23.5 Å². The first-order valence-corrected chi connectivity index (χ1v) is 9.25. The summed E-state index contributed by atoms with van der Waals surface area (Å²) in [5, 5.41) is 6.10. The van der Waals surface area contributed by atoms with Crippen LogP contribution < -0.4 is 5.43 Å². The Morgan fingerprint density at radius 1 is 1.25 bits per heavy atom. The first-order valence-electron chi connectivity index (χ1n) is 5.77. The number of anilines is 1. The largest absolute Gasteiger partial charge is 0.274 e. The molecule has 0 amide bonds. The monoisotopic (exact) mass is 388 g/mol. The second-order valence-electron chi connectivity index (χ2n) is 4.31. The second kappa shape index (κ2) is 6.76. The third-order valence-electron chi connectivity index (χ3n) is 2.88. The Labute approximate surface area is 146 Å². The normalized spacial score (nSPS) is 18.4. The van der Waals surface area contributed by atoms with Crippen molar-refractivity contribution in [3.05, 3.63) is 26.7 Å². The van der Waals surface area contributed by atoms with Gasteiger partial charge in [0.1, 0.15) is 4.08 Å². The molecule has 1 N–H and O–H groups in total. The quantitative estimate of drug-likeness (QED) is 0.498. The maximum atomic E-state index is 6.29. The van der Waals surface area contributed by atoms with Crippen molar-refractivity contribution < 1.29 is 0 Å². The fraction of sp³-hybridized carbons (Fsp3) is 0.417. The summed E-state index contributed by atoms with van der Waals surface area (Å²) < 4.78 is -0.213.